The highest BCUT2D eigenvalue weighted by atomic mass is 32.2. The number of carbonyl (C=O) groups excluding carboxylic acids is 2. The molecular formula is C20H20N2O4S. The Morgan fingerprint density at radius 1 is 1.15 bits per heavy atom. The zero-order valence-electron chi connectivity index (χ0n) is 14.9. The van der Waals surface area contributed by atoms with Crippen molar-refractivity contribution in [1.82, 2.24) is 0 Å². The number of amides is 1. The molecular weight excluding hydrogens is 364 g/mol. The highest BCUT2D eigenvalue weighted by molar-refractivity contribution is 7.99. The number of nitrogens with zero attached hydrogens (tertiary/aromatic N) is 1. The maximum atomic E-state index is 12.0. The molecule has 0 aliphatic heterocycles. The number of hydrogen-bond donors (Lipinski definition) is 1. The number of hydrogen-bond acceptors (Lipinski definition) is 6. The first kappa shape index (κ1) is 20.3. The summed E-state index contributed by atoms with van der Waals surface area (Å²) >= 11 is 1.33. The van der Waals surface area contributed by atoms with Crippen LogP contribution in [0.1, 0.15) is 12.0 Å². The number of carbonyl (C=O) groups is 2. The molecule has 27 heavy (non-hydrogen) atoms. The van der Waals surface area contributed by atoms with Crippen LogP contribution >= 0.6 is 11.8 Å². The van der Waals surface area contributed by atoms with Gasteiger partial charge in [0, 0.05) is 11.3 Å². The molecule has 140 valence electrons. The molecule has 0 fully saturated rings. The molecule has 2 rings (SSSR count). The third kappa shape index (κ3) is 7.04. The molecule has 0 saturated carbocycles. The van der Waals surface area contributed by atoms with E-state index in [2.05, 4.69) is 5.32 Å². The van der Waals surface area contributed by atoms with Gasteiger partial charge in [-0.25, -0.2) is 0 Å². The molecule has 7 heteroatoms. The number of anilines is 1. The van der Waals surface area contributed by atoms with Crippen molar-refractivity contribution in [2.75, 3.05) is 24.8 Å². The van der Waals surface area contributed by atoms with Crippen molar-refractivity contribution in [1.29, 1.82) is 5.26 Å². The first-order valence-electron chi connectivity index (χ1n) is 8.29. The molecule has 0 bridgehead atoms. The number of esters is 1. The lowest BCUT2D eigenvalue weighted by Crippen LogP contribution is -2.21. The summed E-state index contributed by atoms with van der Waals surface area (Å²) in [4.78, 5) is 24.6. The monoisotopic (exact) mass is 384 g/mol. The van der Waals surface area contributed by atoms with E-state index in [1.54, 1.807) is 19.2 Å². The van der Waals surface area contributed by atoms with Crippen LogP contribution in [0.5, 0.6) is 5.75 Å². The zero-order valence-corrected chi connectivity index (χ0v) is 15.8. The van der Waals surface area contributed by atoms with Crippen molar-refractivity contribution in [2.24, 2.45) is 0 Å². The van der Waals surface area contributed by atoms with Crippen LogP contribution in [0, 0.1) is 11.3 Å². The first-order valence-corrected chi connectivity index (χ1v) is 9.28. The number of rotatable bonds is 9. The van der Waals surface area contributed by atoms with Crippen molar-refractivity contribution in [2.45, 2.75) is 17.7 Å². The van der Waals surface area contributed by atoms with Crippen LogP contribution in [0.3, 0.4) is 0 Å². The van der Waals surface area contributed by atoms with E-state index >= 15 is 0 Å². The second kappa shape index (κ2) is 10.9. The SMILES string of the molecule is COc1ccc(CCC(=O)OCC(=O)Nc2ccccc2SCC#N)cc1. The van der Waals surface area contributed by atoms with Gasteiger partial charge in [0.1, 0.15) is 5.75 Å². The minimum absolute atomic E-state index is 0.189. The first-order chi connectivity index (χ1) is 13.1. The number of methoxy groups -OCH3 is 1. The Morgan fingerprint density at radius 2 is 1.89 bits per heavy atom. The Kier molecular flexibility index (Phi) is 8.20. The molecule has 0 unspecified atom stereocenters. The summed E-state index contributed by atoms with van der Waals surface area (Å²) in [7, 11) is 1.60. The summed E-state index contributed by atoms with van der Waals surface area (Å²) in [6.07, 6.45) is 0.715. The molecule has 0 aliphatic rings. The summed E-state index contributed by atoms with van der Waals surface area (Å²) in [5, 5.41) is 11.4. The maximum Gasteiger partial charge on any atom is 0.306 e. The minimum Gasteiger partial charge on any atom is -0.497 e. The summed E-state index contributed by atoms with van der Waals surface area (Å²) in [5.41, 5.74) is 1.58. The highest BCUT2D eigenvalue weighted by Crippen LogP contribution is 2.26. The van der Waals surface area contributed by atoms with Gasteiger partial charge in [-0.2, -0.15) is 5.26 Å². The van der Waals surface area contributed by atoms with Crippen molar-refractivity contribution >= 4 is 29.3 Å². The number of nitriles is 1. The average Bonchev–Trinajstić information content (AvgIpc) is 2.70. The molecule has 2 aromatic rings. The van der Waals surface area contributed by atoms with Crippen LogP contribution in [-0.4, -0.2) is 31.3 Å². The van der Waals surface area contributed by atoms with Crippen molar-refractivity contribution in [3.05, 3.63) is 54.1 Å². The van der Waals surface area contributed by atoms with E-state index in [4.69, 9.17) is 14.7 Å². The van der Waals surface area contributed by atoms with Crippen molar-refractivity contribution in [3.63, 3.8) is 0 Å². The van der Waals surface area contributed by atoms with Crippen molar-refractivity contribution in [3.8, 4) is 11.8 Å². The lowest BCUT2D eigenvalue weighted by atomic mass is 10.1. The Labute approximate surface area is 162 Å². The largest absolute Gasteiger partial charge is 0.497 e. The fourth-order valence-electron chi connectivity index (χ4n) is 2.25. The topological polar surface area (TPSA) is 88.4 Å². The normalized spacial score (nSPS) is 9.93. The van der Waals surface area contributed by atoms with E-state index in [9.17, 15) is 9.59 Å². The maximum absolute atomic E-state index is 12.0. The average molecular weight is 384 g/mol. The van der Waals surface area contributed by atoms with Gasteiger partial charge in [-0.05, 0) is 36.2 Å². The van der Waals surface area contributed by atoms with Crippen LogP contribution in [-0.2, 0) is 20.7 Å². The molecule has 1 amide bonds. The molecule has 1 N–H and O–H groups in total. The third-order valence-electron chi connectivity index (χ3n) is 3.59. The van der Waals surface area contributed by atoms with Gasteiger partial charge in [-0.15, -0.1) is 11.8 Å². The predicted octanol–water partition coefficient (Wildman–Crippen LogP) is 3.43. The summed E-state index contributed by atoms with van der Waals surface area (Å²) in [6, 6.07) is 16.6. The van der Waals surface area contributed by atoms with Crippen LogP contribution in [0.15, 0.2) is 53.4 Å². The zero-order chi connectivity index (χ0) is 19.5. The van der Waals surface area contributed by atoms with Gasteiger partial charge in [0.15, 0.2) is 6.61 Å². The molecule has 0 heterocycles. The van der Waals surface area contributed by atoms with Gasteiger partial charge in [0.05, 0.1) is 24.6 Å². The summed E-state index contributed by atoms with van der Waals surface area (Å²) in [5.74, 6) is 0.185. The molecule has 2 aromatic carbocycles. The van der Waals surface area contributed by atoms with E-state index in [1.165, 1.54) is 11.8 Å². The summed E-state index contributed by atoms with van der Waals surface area (Å²) < 4.78 is 10.1. The predicted molar refractivity (Wildman–Crippen MR) is 104 cm³/mol. The Bertz CT molecular complexity index is 815. The minimum atomic E-state index is -0.437. The number of para-hydroxylation sites is 1. The third-order valence-corrected chi connectivity index (χ3v) is 4.53. The number of nitrogens with one attached hydrogen (secondary N) is 1. The smallest absolute Gasteiger partial charge is 0.306 e. The van der Waals surface area contributed by atoms with Gasteiger partial charge < -0.3 is 14.8 Å². The van der Waals surface area contributed by atoms with E-state index in [-0.39, 0.29) is 18.8 Å². The molecule has 0 radical (unpaired) electrons. The van der Waals surface area contributed by atoms with Crippen LogP contribution in [0.2, 0.25) is 0 Å². The van der Waals surface area contributed by atoms with Gasteiger partial charge in [0.2, 0.25) is 0 Å². The van der Waals surface area contributed by atoms with Crippen molar-refractivity contribution < 1.29 is 19.1 Å². The van der Waals surface area contributed by atoms with Gasteiger partial charge in [0.25, 0.3) is 5.91 Å². The molecule has 0 aromatic heterocycles. The number of benzene rings is 2. The molecule has 0 spiro atoms. The van der Waals surface area contributed by atoms with E-state index in [1.807, 2.05) is 42.5 Å². The second-order valence-corrected chi connectivity index (χ2v) is 6.52. The number of thioether (sulfide) groups is 1. The number of aryl methyl sites for hydroxylation is 1. The Balaban J connectivity index is 1.76. The lowest BCUT2D eigenvalue weighted by molar-refractivity contribution is -0.147. The lowest BCUT2D eigenvalue weighted by Gasteiger charge is -2.10. The molecule has 0 aliphatic carbocycles. The number of ether oxygens (including phenoxy) is 2. The molecule has 6 nitrogen and oxygen atoms in total. The van der Waals surface area contributed by atoms with Crippen LogP contribution in [0.4, 0.5) is 5.69 Å². The van der Waals surface area contributed by atoms with E-state index in [0.29, 0.717) is 12.1 Å². The van der Waals surface area contributed by atoms with Crippen LogP contribution in [0.25, 0.3) is 0 Å². The van der Waals surface area contributed by atoms with Gasteiger partial charge >= 0.3 is 5.97 Å². The Hall–Kier alpha value is -2.98. The standard InChI is InChI=1S/C20H20N2O4S/c1-25-16-9-6-15(7-10-16)8-11-20(24)26-14-19(23)22-17-4-2-3-5-18(17)27-13-12-21/h2-7,9-10H,8,11,13-14H2,1H3,(H,22,23). The van der Waals surface area contributed by atoms with E-state index in [0.717, 1.165) is 16.2 Å². The molecule has 0 atom stereocenters. The Morgan fingerprint density at radius 3 is 2.59 bits per heavy atom. The second-order valence-electron chi connectivity index (χ2n) is 5.50. The quantitative estimate of drug-likeness (QED) is 0.526. The fraction of sp³-hybridized carbons (Fsp3) is 0.250. The van der Waals surface area contributed by atoms with Gasteiger partial charge in [-0.1, -0.05) is 24.3 Å². The fourth-order valence-corrected chi connectivity index (χ4v) is 2.92. The highest BCUT2D eigenvalue weighted by Gasteiger charge is 2.10. The van der Waals surface area contributed by atoms with E-state index < -0.39 is 11.9 Å². The van der Waals surface area contributed by atoms with Crippen LogP contribution < -0.4 is 10.1 Å². The summed E-state index contributed by atoms with van der Waals surface area (Å²) in [6.45, 7) is -0.349. The van der Waals surface area contributed by atoms with Gasteiger partial charge in [-0.3, -0.25) is 9.59 Å². The molecule has 0 saturated heterocycles.